The molecule has 0 aromatic carbocycles. The Kier molecular flexibility index (Phi) is 2.17. The minimum atomic E-state index is -0.233. The summed E-state index contributed by atoms with van der Waals surface area (Å²) >= 11 is 0. The van der Waals surface area contributed by atoms with E-state index in [1.165, 1.54) is 12.4 Å². The minimum Gasteiger partial charge on any atom is -0.344 e. The number of aromatic amines is 2. The molecule has 0 unspecified atom stereocenters. The Morgan fingerprint density at radius 2 is 2.50 bits per heavy atom. The highest BCUT2D eigenvalue weighted by Crippen LogP contribution is 1.93. The Labute approximate surface area is 78.1 Å². The number of carbonyl (C=O) groups excluding carboxylic acids is 1. The van der Waals surface area contributed by atoms with E-state index >= 15 is 0 Å². The number of tetrazole rings is 1. The minimum absolute atomic E-state index is 0.233. The number of amides is 1. The van der Waals surface area contributed by atoms with E-state index in [0.717, 1.165) is 0 Å². The molecule has 14 heavy (non-hydrogen) atoms. The van der Waals surface area contributed by atoms with E-state index in [1.54, 1.807) is 0 Å². The van der Waals surface area contributed by atoms with Crippen molar-refractivity contribution < 1.29 is 4.79 Å². The average molecular weight is 193 g/mol. The molecular formula is C6H7N7O. The second kappa shape index (κ2) is 3.64. The van der Waals surface area contributed by atoms with E-state index in [4.69, 9.17) is 0 Å². The lowest BCUT2D eigenvalue weighted by molar-refractivity contribution is 0.0950. The molecule has 0 atom stereocenters. The van der Waals surface area contributed by atoms with Crippen molar-refractivity contribution in [2.45, 2.75) is 6.54 Å². The molecule has 72 valence electrons. The first-order valence-corrected chi connectivity index (χ1v) is 3.85. The summed E-state index contributed by atoms with van der Waals surface area (Å²) in [4.78, 5) is 11.3. The van der Waals surface area contributed by atoms with Crippen LogP contribution in [-0.2, 0) is 6.54 Å². The summed E-state index contributed by atoms with van der Waals surface area (Å²) in [5, 5.41) is 21.8. The smallest absolute Gasteiger partial charge is 0.254 e. The first kappa shape index (κ1) is 8.35. The Balaban J connectivity index is 1.90. The van der Waals surface area contributed by atoms with Gasteiger partial charge >= 0.3 is 0 Å². The molecule has 0 radical (unpaired) electrons. The zero-order chi connectivity index (χ0) is 9.80. The molecular weight excluding hydrogens is 186 g/mol. The summed E-state index contributed by atoms with van der Waals surface area (Å²) in [5.74, 6) is 0.199. The quantitative estimate of drug-likeness (QED) is 0.570. The van der Waals surface area contributed by atoms with Crippen LogP contribution in [0.4, 0.5) is 0 Å². The molecule has 8 nitrogen and oxygen atoms in total. The molecule has 2 aromatic rings. The van der Waals surface area contributed by atoms with Gasteiger partial charge in [0.15, 0.2) is 5.82 Å². The zero-order valence-corrected chi connectivity index (χ0v) is 7.06. The van der Waals surface area contributed by atoms with Gasteiger partial charge in [0.2, 0.25) is 0 Å². The van der Waals surface area contributed by atoms with Crippen LogP contribution in [0.3, 0.4) is 0 Å². The van der Waals surface area contributed by atoms with Crippen molar-refractivity contribution in [3.05, 3.63) is 23.8 Å². The Morgan fingerprint density at radius 3 is 3.14 bits per heavy atom. The summed E-state index contributed by atoms with van der Waals surface area (Å²) < 4.78 is 0. The van der Waals surface area contributed by atoms with E-state index in [9.17, 15) is 4.79 Å². The molecule has 0 bridgehead atoms. The second-order valence-electron chi connectivity index (χ2n) is 2.50. The normalized spacial score (nSPS) is 10.0. The van der Waals surface area contributed by atoms with Crippen LogP contribution in [0.1, 0.15) is 16.2 Å². The van der Waals surface area contributed by atoms with Crippen LogP contribution in [0.2, 0.25) is 0 Å². The van der Waals surface area contributed by atoms with Crippen molar-refractivity contribution in [1.29, 1.82) is 0 Å². The van der Waals surface area contributed by atoms with E-state index < -0.39 is 0 Å². The van der Waals surface area contributed by atoms with Crippen molar-refractivity contribution in [2.24, 2.45) is 0 Å². The van der Waals surface area contributed by atoms with Crippen LogP contribution >= 0.6 is 0 Å². The van der Waals surface area contributed by atoms with Crippen molar-refractivity contribution in [1.82, 2.24) is 36.1 Å². The number of rotatable bonds is 3. The maximum absolute atomic E-state index is 11.3. The zero-order valence-electron chi connectivity index (χ0n) is 7.06. The molecule has 0 aliphatic carbocycles. The van der Waals surface area contributed by atoms with Crippen molar-refractivity contribution in [2.75, 3.05) is 0 Å². The number of aromatic nitrogens is 6. The van der Waals surface area contributed by atoms with Crippen LogP contribution in [0, 0.1) is 0 Å². The molecule has 2 rings (SSSR count). The standard InChI is InChI=1S/C6H7N7O/c14-6(4-1-8-9-2-4)7-3-5-10-12-13-11-5/h1-2H,3H2,(H,7,14)(H,8,9)(H,10,11,12,13). The van der Waals surface area contributed by atoms with Gasteiger partial charge in [-0.1, -0.05) is 5.21 Å². The number of hydrogen-bond acceptors (Lipinski definition) is 5. The number of H-pyrrole nitrogens is 2. The molecule has 0 aliphatic heterocycles. The van der Waals surface area contributed by atoms with Gasteiger partial charge in [-0.25, -0.2) is 0 Å². The Hall–Kier alpha value is -2.25. The molecule has 8 heteroatoms. The van der Waals surface area contributed by atoms with E-state index in [-0.39, 0.29) is 12.5 Å². The van der Waals surface area contributed by atoms with Gasteiger partial charge in [-0.05, 0) is 0 Å². The molecule has 0 aliphatic rings. The molecule has 0 saturated carbocycles. The van der Waals surface area contributed by atoms with E-state index in [0.29, 0.717) is 11.4 Å². The van der Waals surface area contributed by atoms with Gasteiger partial charge < -0.3 is 5.32 Å². The summed E-state index contributed by atoms with van der Waals surface area (Å²) in [6, 6.07) is 0. The van der Waals surface area contributed by atoms with Crippen LogP contribution < -0.4 is 5.32 Å². The van der Waals surface area contributed by atoms with Gasteiger partial charge in [-0.15, -0.1) is 10.2 Å². The number of nitrogens with zero attached hydrogens (tertiary/aromatic N) is 4. The van der Waals surface area contributed by atoms with Crippen LogP contribution in [0.5, 0.6) is 0 Å². The number of carbonyl (C=O) groups is 1. The maximum Gasteiger partial charge on any atom is 0.254 e. The largest absolute Gasteiger partial charge is 0.344 e. The summed E-state index contributed by atoms with van der Waals surface area (Å²) in [7, 11) is 0. The average Bonchev–Trinajstić information content (AvgIpc) is 2.87. The highest BCUT2D eigenvalue weighted by molar-refractivity contribution is 5.93. The number of nitrogens with one attached hydrogen (secondary N) is 3. The molecule has 2 heterocycles. The van der Waals surface area contributed by atoms with Crippen LogP contribution in [-0.4, -0.2) is 36.7 Å². The third-order valence-corrected chi connectivity index (χ3v) is 1.56. The molecule has 1 amide bonds. The van der Waals surface area contributed by atoms with Crippen molar-refractivity contribution in [3.8, 4) is 0 Å². The Bertz CT molecular complexity index is 392. The van der Waals surface area contributed by atoms with E-state index in [2.05, 4.69) is 36.1 Å². The highest BCUT2D eigenvalue weighted by Gasteiger charge is 2.06. The monoisotopic (exact) mass is 193 g/mol. The first-order valence-electron chi connectivity index (χ1n) is 3.85. The molecule has 0 saturated heterocycles. The van der Waals surface area contributed by atoms with E-state index in [1.807, 2.05) is 0 Å². The van der Waals surface area contributed by atoms with Gasteiger partial charge in [0.25, 0.3) is 5.91 Å². The third-order valence-electron chi connectivity index (χ3n) is 1.56. The van der Waals surface area contributed by atoms with Gasteiger partial charge in [0, 0.05) is 6.20 Å². The topological polar surface area (TPSA) is 112 Å². The third kappa shape index (κ3) is 1.73. The molecule has 0 spiro atoms. The first-order chi connectivity index (χ1) is 6.86. The van der Waals surface area contributed by atoms with Crippen molar-refractivity contribution >= 4 is 5.91 Å². The lowest BCUT2D eigenvalue weighted by Crippen LogP contribution is -2.22. The van der Waals surface area contributed by atoms with Gasteiger partial charge in [-0.2, -0.15) is 10.3 Å². The lowest BCUT2D eigenvalue weighted by Gasteiger charge is -1.97. The predicted octanol–water partition coefficient (Wildman–Crippen LogP) is -1.15. The Morgan fingerprint density at radius 1 is 1.57 bits per heavy atom. The highest BCUT2D eigenvalue weighted by atomic mass is 16.1. The molecule has 0 fully saturated rings. The second-order valence-corrected chi connectivity index (χ2v) is 2.50. The van der Waals surface area contributed by atoms with Gasteiger partial charge in [0.1, 0.15) is 0 Å². The SMILES string of the molecule is O=C(NCc1nn[nH]n1)c1cn[nH]c1. The predicted molar refractivity (Wildman–Crippen MR) is 43.9 cm³/mol. The van der Waals surface area contributed by atoms with Gasteiger partial charge in [0.05, 0.1) is 18.3 Å². The summed E-state index contributed by atoms with van der Waals surface area (Å²) in [5.41, 5.74) is 0.466. The lowest BCUT2D eigenvalue weighted by atomic mass is 10.3. The fourth-order valence-corrected chi connectivity index (χ4v) is 0.894. The summed E-state index contributed by atoms with van der Waals surface area (Å²) in [6.07, 6.45) is 2.94. The molecule has 2 aromatic heterocycles. The molecule has 3 N–H and O–H groups in total. The fraction of sp³-hybridized carbons (Fsp3) is 0.167. The van der Waals surface area contributed by atoms with Crippen molar-refractivity contribution in [3.63, 3.8) is 0 Å². The fourth-order valence-electron chi connectivity index (χ4n) is 0.894. The summed E-state index contributed by atoms with van der Waals surface area (Å²) in [6.45, 7) is 0.237. The van der Waals surface area contributed by atoms with Crippen LogP contribution in [0.15, 0.2) is 12.4 Å². The maximum atomic E-state index is 11.3. The van der Waals surface area contributed by atoms with Gasteiger partial charge in [-0.3, -0.25) is 9.89 Å². The number of hydrogen-bond donors (Lipinski definition) is 3. The van der Waals surface area contributed by atoms with Crippen LogP contribution in [0.25, 0.3) is 0 Å².